The van der Waals surface area contributed by atoms with Crippen LogP contribution >= 0.6 is 0 Å². The first-order valence-electron chi connectivity index (χ1n) is 5.87. The van der Waals surface area contributed by atoms with E-state index < -0.39 is 0 Å². The van der Waals surface area contributed by atoms with Crippen molar-refractivity contribution in [2.75, 3.05) is 6.61 Å². The molecular weight excluding hydrogens is 228 g/mol. The Labute approximate surface area is 106 Å². The Morgan fingerprint density at radius 1 is 1.22 bits per heavy atom. The molecule has 5 nitrogen and oxygen atoms in total. The van der Waals surface area contributed by atoms with Crippen molar-refractivity contribution in [2.45, 2.75) is 20.8 Å². The summed E-state index contributed by atoms with van der Waals surface area (Å²) in [5.41, 5.74) is 0.937. The molecule has 0 bridgehead atoms. The van der Waals surface area contributed by atoms with Crippen molar-refractivity contribution in [1.29, 1.82) is 0 Å². The first-order valence-corrected chi connectivity index (χ1v) is 5.87. The molecule has 94 valence electrons. The molecule has 2 aromatic rings. The molecule has 0 aliphatic carbocycles. The highest BCUT2D eigenvalue weighted by Gasteiger charge is 2.03. The van der Waals surface area contributed by atoms with Crippen LogP contribution < -0.4 is 4.74 Å². The molecular formula is C13H16N4O. The summed E-state index contributed by atoms with van der Waals surface area (Å²) >= 11 is 0. The van der Waals surface area contributed by atoms with Crippen LogP contribution in [0, 0.1) is 13.8 Å². The van der Waals surface area contributed by atoms with Gasteiger partial charge in [0.05, 0.1) is 12.8 Å². The van der Waals surface area contributed by atoms with Crippen LogP contribution in [-0.2, 0) is 0 Å². The fourth-order valence-corrected chi connectivity index (χ4v) is 1.62. The fraction of sp³-hybridized carbons (Fsp3) is 0.308. The van der Waals surface area contributed by atoms with Crippen molar-refractivity contribution < 1.29 is 4.74 Å². The molecule has 0 saturated carbocycles. The third kappa shape index (κ3) is 2.56. The lowest BCUT2D eigenvalue weighted by molar-refractivity contribution is 0.340. The van der Waals surface area contributed by atoms with Crippen molar-refractivity contribution in [2.24, 2.45) is 5.10 Å². The minimum atomic E-state index is 0.634. The second-order valence-corrected chi connectivity index (χ2v) is 3.82. The molecule has 0 aliphatic heterocycles. The number of rotatable bonds is 4. The third-order valence-electron chi connectivity index (χ3n) is 2.48. The number of hydrogen-bond donors (Lipinski definition) is 0. The number of aryl methyl sites for hydroxylation is 2. The van der Waals surface area contributed by atoms with Crippen LogP contribution in [0.25, 0.3) is 0 Å². The van der Waals surface area contributed by atoms with Gasteiger partial charge in [0, 0.05) is 5.56 Å². The summed E-state index contributed by atoms with van der Waals surface area (Å²) in [7, 11) is 0. The van der Waals surface area contributed by atoms with E-state index in [9.17, 15) is 0 Å². The number of benzene rings is 1. The number of nitrogens with zero attached hydrogens (tertiary/aromatic N) is 4. The molecule has 1 aromatic carbocycles. The second-order valence-electron chi connectivity index (χ2n) is 3.82. The van der Waals surface area contributed by atoms with Crippen LogP contribution in [0.3, 0.4) is 0 Å². The predicted molar refractivity (Wildman–Crippen MR) is 70.1 cm³/mol. The number of hydrogen-bond acceptors (Lipinski definition) is 4. The van der Waals surface area contributed by atoms with E-state index in [1.165, 1.54) is 0 Å². The van der Waals surface area contributed by atoms with Crippen molar-refractivity contribution in [3.05, 3.63) is 41.5 Å². The molecule has 5 heteroatoms. The smallest absolute Gasteiger partial charge is 0.151 e. The Morgan fingerprint density at radius 3 is 2.56 bits per heavy atom. The van der Waals surface area contributed by atoms with E-state index in [1.54, 1.807) is 10.9 Å². The van der Waals surface area contributed by atoms with Gasteiger partial charge in [0.2, 0.25) is 0 Å². The van der Waals surface area contributed by atoms with Crippen molar-refractivity contribution in [3.63, 3.8) is 0 Å². The molecule has 18 heavy (non-hydrogen) atoms. The van der Waals surface area contributed by atoms with E-state index in [-0.39, 0.29) is 0 Å². The molecule has 0 aliphatic rings. The molecule has 0 atom stereocenters. The average Bonchev–Trinajstić information content (AvgIpc) is 2.69. The van der Waals surface area contributed by atoms with Crippen LogP contribution in [0.15, 0.2) is 29.4 Å². The highest BCUT2D eigenvalue weighted by Crippen LogP contribution is 2.15. The van der Waals surface area contributed by atoms with E-state index in [0.717, 1.165) is 23.0 Å². The number of para-hydroxylation sites is 1. The maximum atomic E-state index is 5.54. The van der Waals surface area contributed by atoms with E-state index in [1.807, 2.05) is 45.0 Å². The van der Waals surface area contributed by atoms with Crippen molar-refractivity contribution in [3.8, 4) is 5.75 Å². The molecule has 0 fully saturated rings. The van der Waals surface area contributed by atoms with E-state index in [0.29, 0.717) is 6.61 Å². The standard InChI is InChI=1S/C13H16N4O/c1-4-18-13-8-6-5-7-12(13)9-14-17-10(2)15-16-11(17)3/h5-9H,4H2,1-3H3/b14-9-. The largest absolute Gasteiger partial charge is 0.493 e. The topological polar surface area (TPSA) is 52.3 Å². The lowest BCUT2D eigenvalue weighted by Crippen LogP contribution is -1.99. The van der Waals surface area contributed by atoms with E-state index in [2.05, 4.69) is 15.3 Å². The van der Waals surface area contributed by atoms with Crippen LogP contribution in [0.5, 0.6) is 5.75 Å². The lowest BCUT2D eigenvalue weighted by atomic mass is 10.2. The Kier molecular flexibility index (Phi) is 3.72. The summed E-state index contributed by atoms with van der Waals surface area (Å²) in [5, 5.41) is 12.3. The minimum absolute atomic E-state index is 0.634. The summed E-state index contributed by atoms with van der Waals surface area (Å²) < 4.78 is 7.23. The quantitative estimate of drug-likeness (QED) is 0.774. The Hall–Kier alpha value is -2.17. The summed E-state index contributed by atoms with van der Waals surface area (Å²) in [5.74, 6) is 2.35. The fourth-order valence-electron chi connectivity index (χ4n) is 1.62. The van der Waals surface area contributed by atoms with Gasteiger partial charge in [-0.3, -0.25) is 0 Å². The number of aromatic nitrogens is 3. The van der Waals surface area contributed by atoms with Gasteiger partial charge in [-0.15, -0.1) is 10.2 Å². The van der Waals surface area contributed by atoms with Crippen LogP contribution in [-0.4, -0.2) is 27.7 Å². The van der Waals surface area contributed by atoms with Crippen molar-refractivity contribution >= 4 is 6.21 Å². The second kappa shape index (κ2) is 5.44. The van der Waals surface area contributed by atoms with Crippen LogP contribution in [0.4, 0.5) is 0 Å². The van der Waals surface area contributed by atoms with Gasteiger partial charge in [-0.05, 0) is 32.9 Å². The lowest BCUT2D eigenvalue weighted by Gasteiger charge is -2.06. The van der Waals surface area contributed by atoms with E-state index in [4.69, 9.17) is 4.74 Å². The van der Waals surface area contributed by atoms with Gasteiger partial charge in [0.1, 0.15) is 5.75 Å². The monoisotopic (exact) mass is 244 g/mol. The Bertz CT molecular complexity index is 540. The Balaban J connectivity index is 2.29. The third-order valence-corrected chi connectivity index (χ3v) is 2.48. The molecule has 1 heterocycles. The van der Waals surface area contributed by atoms with E-state index >= 15 is 0 Å². The predicted octanol–water partition coefficient (Wildman–Crippen LogP) is 2.18. The van der Waals surface area contributed by atoms with Crippen molar-refractivity contribution in [1.82, 2.24) is 14.9 Å². The molecule has 0 saturated heterocycles. The van der Waals surface area contributed by atoms with Gasteiger partial charge in [-0.2, -0.15) is 5.10 Å². The normalized spacial score (nSPS) is 11.1. The molecule has 0 spiro atoms. The van der Waals surface area contributed by atoms with Gasteiger partial charge < -0.3 is 4.74 Å². The van der Waals surface area contributed by atoms with Crippen LogP contribution in [0.1, 0.15) is 24.1 Å². The molecule has 2 rings (SSSR count). The van der Waals surface area contributed by atoms with Gasteiger partial charge in [0.25, 0.3) is 0 Å². The summed E-state index contributed by atoms with van der Waals surface area (Å²) in [4.78, 5) is 0. The zero-order valence-electron chi connectivity index (χ0n) is 10.8. The molecule has 0 amide bonds. The highest BCUT2D eigenvalue weighted by atomic mass is 16.5. The van der Waals surface area contributed by atoms with Gasteiger partial charge >= 0.3 is 0 Å². The first-order chi connectivity index (χ1) is 8.72. The van der Waals surface area contributed by atoms with Gasteiger partial charge in [-0.25, -0.2) is 4.68 Å². The van der Waals surface area contributed by atoms with Gasteiger partial charge in [0.15, 0.2) is 11.6 Å². The molecule has 0 N–H and O–H groups in total. The summed E-state index contributed by atoms with van der Waals surface area (Å²) in [6.07, 6.45) is 1.76. The van der Waals surface area contributed by atoms with Gasteiger partial charge in [-0.1, -0.05) is 12.1 Å². The summed E-state index contributed by atoms with van der Waals surface area (Å²) in [6.45, 7) is 6.33. The minimum Gasteiger partial charge on any atom is -0.493 e. The molecule has 0 radical (unpaired) electrons. The maximum absolute atomic E-state index is 5.54. The number of ether oxygens (including phenoxy) is 1. The maximum Gasteiger partial charge on any atom is 0.151 e. The SMILES string of the molecule is CCOc1ccccc1/C=N\n1c(C)nnc1C. The zero-order valence-corrected chi connectivity index (χ0v) is 10.8. The zero-order chi connectivity index (χ0) is 13.0. The van der Waals surface area contributed by atoms with Crippen LogP contribution in [0.2, 0.25) is 0 Å². The Morgan fingerprint density at radius 2 is 1.89 bits per heavy atom. The first kappa shape index (κ1) is 12.3. The highest BCUT2D eigenvalue weighted by molar-refractivity contribution is 5.83. The average molecular weight is 244 g/mol. The molecule has 0 unspecified atom stereocenters. The molecule has 1 aromatic heterocycles. The summed E-state index contributed by atoms with van der Waals surface area (Å²) in [6, 6.07) is 7.79.